The Bertz CT molecular complexity index is 2810. The smallest absolute Gasteiger partial charge is 0.122 e. The molecule has 0 saturated carbocycles. The summed E-state index contributed by atoms with van der Waals surface area (Å²) < 4.78 is 2.43. The van der Waals surface area contributed by atoms with Crippen molar-refractivity contribution in [2.24, 2.45) is 0 Å². The largest absolute Gasteiger partial charge is 0.309 e. The van der Waals surface area contributed by atoms with E-state index in [0.29, 0.717) is 0 Å². The van der Waals surface area contributed by atoms with Crippen molar-refractivity contribution in [1.29, 1.82) is 0 Å². The van der Waals surface area contributed by atoms with Crippen LogP contribution in [0.1, 0.15) is 0 Å². The molecule has 10 aromatic rings. The van der Waals surface area contributed by atoms with Gasteiger partial charge in [-0.1, -0.05) is 109 Å². The molecule has 0 unspecified atom stereocenters. The van der Waals surface area contributed by atoms with Gasteiger partial charge >= 0.3 is 0 Å². The normalized spacial score (nSPS) is 11.9. The lowest BCUT2D eigenvalue weighted by Gasteiger charge is -2.15. The van der Waals surface area contributed by atoms with Gasteiger partial charge in [0.1, 0.15) is 11.0 Å². The summed E-state index contributed by atoms with van der Waals surface area (Å²) in [7, 11) is 0. The number of nitrogens with zero attached hydrogens (tertiary/aromatic N) is 4. The molecule has 0 spiro atoms. The van der Waals surface area contributed by atoms with Crippen LogP contribution in [0, 0.1) is 0 Å². The fourth-order valence-electron chi connectivity index (χ4n) is 7.19. The molecule has 2 aromatic heterocycles. The highest BCUT2D eigenvalue weighted by Gasteiger charge is 2.17. The highest BCUT2D eigenvalue weighted by molar-refractivity contribution is 6.19. The molecule has 0 radical (unpaired) electrons. The number of hydrogen-bond acceptors (Lipinski definition) is 2. The maximum Gasteiger partial charge on any atom is 0.122 e. The second-order valence-corrected chi connectivity index (χ2v) is 11.9. The molecule has 0 atom stereocenters. The first kappa shape index (κ1) is 25.1. The Balaban J connectivity index is 1.24. The Morgan fingerprint density at radius 3 is 2.07 bits per heavy atom. The molecule has 0 N–H and O–H groups in total. The lowest BCUT2D eigenvalue weighted by Crippen LogP contribution is -1.97. The van der Waals surface area contributed by atoms with Crippen molar-refractivity contribution in [3.63, 3.8) is 0 Å². The summed E-state index contributed by atoms with van der Waals surface area (Å²) in [6.07, 6.45) is 0. The maximum absolute atomic E-state index is 5.02. The van der Waals surface area contributed by atoms with Gasteiger partial charge < -0.3 is 4.57 Å². The molecule has 0 bridgehead atoms. The first-order chi connectivity index (χ1) is 22.8. The third-order valence-electron chi connectivity index (χ3n) is 9.33. The van der Waals surface area contributed by atoms with Gasteiger partial charge in [0.15, 0.2) is 0 Å². The Hall–Kier alpha value is -6.26. The van der Waals surface area contributed by atoms with Crippen molar-refractivity contribution in [3.05, 3.63) is 158 Å². The van der Waals surface area contributed by atoms with Crippen LogP contribution in [0.25, 0.3) is 87.7 Å². The summed E-state index contributed by atoms with van der Waals surface area (Å²) in [4.78, 5) is 1.74. The summed E-state index contributed by atoms with van der Waals surface area (Å²) >= 11 is 0. The average molecular weight is 587 g/mol. The van der Waals surface area contributed by atoms with Gasteiger partial charge in [-0.25, -0.2) is 0 Å². The molecule has 8 aromatic carbocycles. The molecule has 2 heterocycles. The van der Waals surface area contributed by atoms with Crippen LogP contribution >= 0.6 is 0 Å². The molecule has 0 saturated heterocycles. The Kier molecular flexibility index (Phi) is 5.25. The van der Waals surface area contributed by atoms with E-state index < -0.39 is 0 Å². The predicted molar refractivity (Wildman–Crippen MR) is 191 cm³/mol. The van der Waals surface area contributed by atoms with E-state index >= 15 is 0 Å². The van der Waals surface area contributed by atoms with Crippen LogP contribution in [-0.4, -0.2) is 19.6 Å². The van der Waals surface area contributed by atoms with Crippen LogP contribution in [-0.2, 0) is 0 Å². The van der Waals surface area contributed by atoms with E-state index in [1.165, 1.54) is 48.9 Å². The Labute approximate surface area is 264 Å². The van der Waals surface area contributed by atoms with E-state index in [4.69, 9.17) is 10.2 Å². The van der Waals surface area contributed by atoms with E-state index in [-0.39, 0.29) is 0 Å². The Morgan fingerprint density at radius 2 is 1.15 bits per heavy atom. The molecule has 0 fully saturated rings. The number of rotatable bonds is 3. The number of benzene rings is 8. The summed E-state index contributed by atoms with van der Waals surface area (Å²) in [5.74, 6) is 0. The van der Waals surface area contributed by atoms with E-state index in [9.17, 15) is 0 Å². The van der Waals surface area contributed by atoms with Crippen molar-refractivity contribution in [2.75, 3.05) is 0 Å². The molecule has 0 aliphatic heterocycles. The topological polar surface area (TPSA) is 35.6 Å². The molecule has 0 aliphatic rings. The van der Waals surface area contributed by atoms with Crippen molar-refractivity contribution in [3.8, 4) is 22.5 Å². The van der Waals surface area contributed by atoms with Gasteiger partial charge in [-0.05, 0) is 81.0 Å². The minimum absolute atomic E-state index is 0.882. The second-order valence-electron chi connectivity index (χ2n) is 11.9. The molecule has 0 amide bonds. The summed E-state index contributed by atoms with van der Waals surface area (Å²) in [5.41, 5.74) is 8.64. The van der Waals surface area contributed by atoms with Crippen molar-refractivity contribution < 1.29 is 0 Å². The average Bonchev–Trinajstić information content (AvgIpc) is 3.70. The minimum Gasteiger partial charge on any atom is -0.309 e. The molecular weight excluding hydrogens is 560 g/mol. The standard InChI is InChI=1S/C42H26N4/c1-2-12-32(13-3-1)46-43-37-23-22-28-20-18-27-19-21-31(25-35(27)41(28)42(37)44-46)33-14-6-8-16-38(33)45-39-17-9-7-15-34(39)36-24-29-10-4-5-11-30(29)26-40(36)45/h1-26H. The highest BCUT2D eigenvalue weighted by Crippen LogP contribution is 2.39. The molecule has 4 heteroatoms. The monoisotopic (exact) mass is 586 g/mol. The van der Waals surface area contributed by atoms with E-state index in [2.05, 4.69) is 132 Å². The van der Waals surface area contributed by atoms with E-state index in [1.807, 2.05) is 30.3 Å². The van der Waals surface area contributed by atoms with Crippen LogP contribution < -0.4 is 0 Å². The number of para-hydroxylation sites is 3. The second kappa shape index (κ2) is 9.62. The van der Waals surface area contributed by atoms with Gasteiger partial charge in [-0.15, -0.1) is 10.2 Å². The van der Waals surface area contributed by atoms with Crippen LogP contribution in [0.2, 0.25) is 0 Å². The summed E-state index contributed by atoms with van der Waals surface area (Å²) in [5, 5.41) is 19.5. The SMILES string of the molecule is c1ccc(-n2nc3ccc4ccc5ccc(-c6ccccc6-n6c7ccccc7c7cc8ccccc8cc76)cc5c4c3n2)cc1. The fourth-order valence-corrected chi connectivity index (χ4v) is 7.19. The van der Waals surface area contributed by atoms with Gasteiger partial charge in [0, 0.05) is 21.7 Å². The summed E-state index contributed by atoms with van der Waals surface area (Å²) in [6, 6.07) is 56.3. The van der Waals surface area contributed by atoms with Crippen molar-refractivity contribution in [1.82, 2.24) is 19.6 Å². The fraction of sp³-hybridized carbons (Fsp3) is 0. The van der Waals surface area contributed by atoms with Crippen LogP contribution in [0.4, 0.5) is 0 Å². The lowest BCUT2D eigenvalue weighted by molar-refractivity contribution is 0.766. The van der Waals surface area contributed by atoms with Gasteiger partial charge in [0.2, 0.25) is 0 Å². The zero-order valence-corrected chi connectivity index (χ0v) is 24.8. The first-order valence-electron chi connectivity index (χ1n) is 15.6. The molecule has 214 valence electrons. The third kappa shape index (κ3) is 3.67. The van der Waals surface area contributed by atoms with E-state index in [1.54, 1.807) is 4.80 Å². The predicted octanol–water partition coefficient (Wildman–Crippen LogP) is 10.6. The minimum atomic E-state index is 0.882. The number of aromatic nitrogens is 4. The quantitative estimate of drug-likeness (QED) is 0.193. The van der Waals surface area contributed by atoms with Crippen LogP contribution in [0.3, 0.4) is 0 Å². The Morgan fingerprint density at radius 1 is 0.435 bits per heavy atom. The number of fused-ring (bicyclic) bond motifs is 9. The molecular formula is C42H26N4. The van der Waals surface area contributed by atoms with E-state index in [0.717, 1.165) is 38.7 Å². The third-order valence-corrected chi connectivity index (χ3v) is 9.33. The van der Waals surface area contributed by atoms with Crippen LogP contribution in [0.5, 0.6) is 0 Å². The maximum atomic E-state index is 5.02. The number of hydrogen-bond donors (Lipinski definition) is 0. The zero-order chi connectivity index (χ0) is 30.2. The summed E-state index contributed by atoms with van der Waals surface area (Å²) in [6.45, 7) is 0. The lowest BCUT2D eigenvalue weighted by atomic mass is 9.95. The van der Waals surface area contributed by atoms with Gasteiger partial charge in [0.05, 0.1) is 22.4 Å². The van der Waals surface area contributed by atoms with Crippen molar-refractivity contribution >= 4 is 65.2 Å². The van der Waals surface area contributed by atoms with Gasteiger partial charge in [0.25, 0.3) is 0 Å². The first-order valence-corrected chi connectivity index (χ1v) is 15.6. The molecule has 46 heavy (non-hydrogen) atoms. The molecule has 10 rings (SSSR count). The highest BCUT2D eigenvalue weighted by atomic mass is 15.5. The van der Waals surface area contributed by atoms with Crippen molar-refractivity contribution in [2.45, 2.75) is 0 Å². The van der Waals surface area contributed by atoms with Gasteiger partial charge in [-0.2, -0.15) is 4.80 Å². The molecule has 0 aliphatic carbocycles. The zero-order valence-electron chi connectivity index (χ0n) is 24.8. The van der Waals surface area contributed by atoms with Crippen LogP contribution in [0.15, 0.2) is 158 Å². The molecule has 4 nitrogen and oxygen atoms in total. The van der Waals surface area contributed by atoms with Gasteiger partial charge in [-0.3, -0.25) is 0 Å².